The van der Waals surface area contributed by atoms with Gasteiger partial charge in [0, 0.05) is 13.0 Å². The van der Waals surface area contributed by atoms with Crippen molar-refractivity contribution < 1.29 is 24.5 Å². The van der Waals surface area contributed by atoms with Gasteiger partial charge in [-0.25, -0.2) is 4.79 Å². The summed E-state index contributed by atoms with van der Waals surface area (Å²) in [5.74, 6) is -1.45. The van der Waals surface area contributed by atoms with Gasteiger partial charge in [-0.1, -0.05) is 30.3 Å². The Bertz CT molecular complexity index is 490. The predicted octanol–water partition coefficient (Wildman–Crippen LogP) is 0.640. The summed E-state index contributed by atoms with van der Waals surface area (Å²) in [4.78, 5) is 24.5. The number of carboxylic acids is 1. The van der Waals surface area contributed by atoms with Crippen LogP contribution >= 0.6 is 0 Å². The first-order valence-electron chi connectivity index (χ1n) is 6.90. The van der Waals surface area contributed by atoms with Gasteiger partial charge >= 0.3 is 5.97 Å². The fourth-order valence-corrected chi connectivity index (χ4v) is 2.39. The molecule has 0 aromatic heterocycles. The van der Waals surface area contributed by atoms with Gasteiger partial charge in [0.15, 0.2) is 0 Å². The van der Waals surface area contributed by atoms with Crippen molar-refractivity contribution >= 4 is 11.9 Å². The van der Waals surface area contributed by atoms with Crippen molar-refractivity contribution in [2.75, 3.05) is 13.2 Å². The van der Waals surface area contributed by atoms with Crippen LogP contribution in [0.2, 0.25) is 0 Å². The average Bonchev–Trinajstić information content (AvgIpc) is 2.48. The summed E-state index contributed by atoms with van der Waals surface area (Å²) >= 11 is 0. The second-order valence-electron chi connectivity index (χ2n) is 5.10. The molecule has 1 aromatic rings. The van der Waals surface area contributed by atoms with Crippen molar-refractivity contribution in [3.63, 3.8) is 0 Å². The number of benzene rings is 1. The van der Waals surface area contributed by atoms with Crippen LogP contribution in [0.25, 0.3) is 0 Å². The first kappa shape index (κ1) is 15.5. The van der Waals surface area contributed by atoms with Crippen molar-refractivity contribution in [3.05, 3.63) is 35.9 Å². The van der Waals surface area contributed by atoms with E-state index in [2.05, 4.69) is 0 Å². The quantitative estimate of drug-likeness (QED) is 0.832. The number of carbonyl (C=O) groups excluding carboxylic acids is 1. The van der Waals surface area contributed by atoms with Gasteiger partial charge in [0.25, 0.3) is 0 Å². The monoisotopic (exact) mass is 293 g/mol. The second kappa shape index (κ2) is 7.19. The molecule has 6 nitrogen and oxygen atoms in total. The summed E-state index contributed by atoms with van der Waals surface area (Å²) in [6, 6.07) is 8.47. The molecule has 0 saturated carbocycles. The van der Waals surface area contributed by atoms with Crippen molar-refractivity contribution in [2.45, 2.75) is 31.6 Å². The Kier molecular flexibility index (Phi) is 5.30. The molecular formula is C15H19NO5. The lowest BCUT2D eigenvalue weighted by atomic mass is 9.99. The summed E-state index contributed by atoms with van der Waals surface area (Å²) < 4.78 is 5.34. The molecule has 1 heterocycles. The molecule has 21 heavy (non-hydrogen) atoms. The van der Waals surface area contributed by atoms with Crippen LogP contribution < -0.4 is 0 Å². The van der Waals surface area contributed by atoms with Gasteiger partial charge in [0.1, 0.15) is 12.6 Å². The molecule has 1 aromatic carbocycles. The summed E-state index contributed by atoms with van der Waals surface area (Å²) in [5, 5.41) is 18.7. The highest BCUT2D eigenvalue weighted by molar-refractivity contribution is 5.84. The minimum absolute atomic E-state index is 0.0692. The summed E-state index contributed by atoms with van der Waals surface area (Å²) in [6.45, 7) is 0.390. The number of likely N-dealkylation sites (tertiary alicyclic amines) is 1. The van der Waals surface area contributed by atoms with E-state index >= 15 is 0 Å². The number of nitrogens with zero attached hydrogens (tertiary/aromatic N) is 1. The zero-order valence-electron chi connectivity index (χ0n) is 11.6. The first-order valence-corrected chi connectivity index (χ1v) is 6.90. The standard InChI is InChI=1S/C15H19NO5/c17-12-6-7-16(13(8-12)15(19)20)14(18)10-21-9-11-4-2-1-3-5-11/h1-5,12-13,17H,6-10H2,(H,19,20)/t12-,13+/m0/s1. The number of carboxylic acid groups (broad SMARTS) is 1. The number of hydrogen-bond acceptors (Lipinski definition) is 4. The number of aliphatic hydroxyl groups is 1. The molecule has 0 radical (unpaired) electrons. The first-order chi connectivity index (χ1) is 10.1. The van der Waals surface area contributed by atoms with E-state index in [1.807, 2.05) is 30.3 Å². The van der Waals surface area contributed by atoms with Crippen LogP contribution in [0, 0.1) is 0 Å². The lowest BCUT2D eigenvalue weighted by Gasteiger charge is -2.35. The van der Waals surface area contributed by atoms with Crippen molar-refractivity contribution in [2.24, 2.45) is 0 Å². The average molecular weight is 293 g/mol. The van der Waals surface area contributed by atoms with E-state index in [4.69, 9.17) is 9.84 Å². The third-order valence-corrected chi connectivity index (χ3v) is 3.52. The minimum Gasteiger partial charge on any atom is -0.480 e. The molecule has 1 saturated heterocycles. The fourth-order valence-electron chi connectivity index (χ4n) is 2.39. The van der Waals surface area contributed by atoms with E-state index in [-0.39, 0.29) is 25.5 Å². The van der Waals surface area contributed by atoms with Crippen LogP contribution in [-0.4, -0.2) is 52.3 Å². The topological polar surface area (TPSA) is 87.1 Å². The Hall–Kier alpha value is -1.92. The Morgan fingerprint density at radius 3 is 2.67 bits per heavy atom. The normalized spacial score (nSPS) is 22.0. The number of amides is 1. The molecule has 1 fully saturated rings. The fraction of sp³-hybridized carbons (Fsp3) is 0.467. The van der Waals surface area contributed by atoms with Crippen molar-refractivity contribution in [1.29, 1.82) is 0 Å². The molecule has 0 bridgehead atoms. The molecule has 0 spiro atoms. The van der Waals surface area contributed by atoms with Gasteiger partial charge in [-0.05, 0) is 12.0 Å². The molecule has 0 aliphatic carbocycles. The highest BCUT2D eigenvalue weighted by atomic mass is 16.5. The van der Waals surface area contributed by atoms with Crippen LogP contribution in [0.4, 0.5) is 0 Å². The molecular weight excluding hydrogens is 274 g/mol. The molecule has 0 unspecified atom stereocenters. The summed E-state index contributed by atoms with van der Waals surface area (Å²) in [6.07, 6.45) is -0.200. The van der Waals surface area contributed by atoms with Crippen LogP contribution in [0.3, 0.4) is 0 Å². The smallest absolute Gasteiger partial charge is 0.326 e. The predicted molar refractivity (Wildman–Crippen MR) is 74.5 cm³/mol. The van der Waals surface area contributed by atoms with Gasteiger partial charge in [-0.15, -0.1) is 0 Å². The maximum atomic E-state index is 12.1. The van der Waals surface area contributed by atoms with Crippen LogP contribution in [0.15, 0.2) is 30.3 Å². The number of rotatable bonds is 5. The molecule has 1 amide bonds. The van der Waals surface area contributed by atoms with E-state index in [1.165, 1.54) is 4.90 Å². The molecule has 1 aliphatic heterocycles. The zero-order chi connectivity index (χ0) is 15.2. The molecule has 114 valence electrons. The number of piperidine rings is 1. The van der Waals surface area contributed by atoms with E-state index in [0.29, 0.717) is 13.0 Å². The number of aliphatic hydroxyl groups excluding tert-OH is 1. The van der Waals surface area contributed by atoms with Gasteiger partial charge in [-0.3, -0.25) is 4.79 Å². The van der Waals surface area contributed by atoms with E-state index < -0.39 is 18.1 Å². The van der Waals surface area contributed by atoms with E-state index in [1.54, 1.807) is 0 Å². The van der Waals surface area contributed by atoms with Gasteiger partial charge in [0.05, 0.1) is 12.7 Å². The maximum Gasteiger partial charge on any atom is 0.326 e. The van der Waals surface area contributed by atoms with Crippen molar-refractivity contribution in [1.82, 2.24) is 4.90 Å². The number of aliphatic carboxylic acids is 1. The summed E-state index contributed by atoms with van der Waals surface area (Å²) in [5.41, 5.74) is 0.953. The van der Waals surface area contributed by atoms with E-state index in [9.17, 15) is 14.7 Å². The lowest BCUT2D eigenvalue weighted by molar-refractivity contribution is -0.156. The second-order valence-corrected chi connectivity index (χ2v) is 5.10. The van der Waals surface area contributed by atoms with E-state index in [0.717, 1.165) is 5.56 Å². The van der Waals surface area contributed by atoms with Crippen molar-refractivity contribution in [3.8, 4) is 0 Å². The van der Waals surface area contributed by atoms with Crippen LogP contribution in [0.1, 0.15) is 18.4 Å². The Labute approximate surface area is 122 Å². The molecule has 2 atom stereocenters. The third-order valence-electron chi connectivity index (χ3n) is 3.52. The largest absolute Gasteiger partial charge is 0.480 e. The van der Waals surface area contributed by atoms with Gasteiger partial charge < -0.3 is 19.8 Å². The highest BCUT2D eigenvalue weighted by Gasteiger charge is 2.35. The highest BCUT2D eigenvalue weighted by Crippen LogP contribution is 2.18. The summed E-state index contributed by atoms with van der Waals surface area (Å²) in [7, 11) is 0. The zero-order valence-corrected chi connectivity index (χ0v) is 11.6. The molecule has 2 rings (SSSR count). The van der Waals surface area contributed by atoms with Gasteiger partial charge in [-0.2, -0.15) is 0 Å². The Balaban J connectivity index is 1.85. The minimum atomic E-state index is -1.09. The lowest BCUT2D eigenvalue weighted by Crippen LogP contribution is -2.52. The molecule has 6 heteroatoms. The number of carbonyl (C=O) groups is 2. The number of hydrogen-bond donors (Lipinski definition) is 2. The van der Waals surface area contributed by atoms with Crippen LogP contribution in [0.5, 0.6) is 0 Å². The third kappa shape index (κ3) is 4.27. The number of ether oxygens (including phenoxy) is 1. The van der Waals surface area contributed by atoms with Gasteiger partial charge in [0.2, 0.25) is 5.91 Å². The van der Waals surface area contributed by atoms with Crippen LogP contribution in [-0.2, 0) is 20.9 Å². The Morgan fingerprint density at radius 2 is 2.00 bits per heavy atom. The Morgan fingerprint density at radius 1 is 1.29 bits per heavy atom. The SMILES string of the molecule is O=C(O)[C@H]1C[C@@H](O)CCN1C(=O)COCc1ccccc1. The maximum absolute atomic E-state index is 12.1. The molecule has 1 aliphatic rings. The molecule has 2 N–H and O–H groups in total.